The summed E-state index contributed by atoms with van der Waals surface area (Å²) in [6.07, 6.45) is 2.76. The van der Waals surface area contributed by atoms with Gasteiger partial charge in [-0.3, -0.25) is 4.79 Å². The van der Waals surface area contributed by atoms with Crippen molar-refractivity contribution in [3.05, 3.63) is 0 Å². The summed E-state index contributed by atoms with van der Waals surface area (Å²) in [4.78, 5) is 23.3. The van der Waals surface area contributed by atoms with Crippen LogP contribution < -0.4 is 0 Å². The zero-order valence-electron chi connectivity index (χ0n) is 9.36. The fourth-order valence-corrected chi connectivity index (χ4v) is 2.31. The smallest absolute Gasteiger partial charge is 0.326 e. The van der Waals surface area contributed by atoms with Crippen molar-refractivity contribution in [1.29, 1.82) is 0 Å². The van der Waals surface area contributed by atoms with Crippen molar-refractivity contribution in [1.82, 2.24) is 4.90 Å². The Morgan fingerprint density at radius 3 is 2.33 bits per heavy atom. The van der Waals surface area contributed by atoms with Crippen molar-refractivity contribution in [2.45, 2.75) is 51.0 Å². The number of alkyl halides is 1. The maximum Gasteiger partial charge on any atom is 0.326 e. The van der Waals surface area contributed by atoms with Gasteiger partial charge in [-0.2, -0.15) is 0 Å². The minimum absolute atomic E-state index is 0.193. The van der Waals surface area contributed by atoms with Crippen LogP contribution in [-0.4, -0.2) is 32.9 Å². The Morgan fingerprint density at radius 1 is 1.47 bits per heavy atom. The topological polar surface area (TPSA) is 57.6 Å². The highest BCUT2D eigenvalue weighted by Crippen LogP contribution is 2.18. The minimum atomic E-state index is -0.980. The number of rotatable bonds is 6. The molecule has 5 heteroatoms. The Morgan fingerprint density at radius 2 is 2.00 bits per heavy atom. The summed E-state index contributed by atoms with van der Waals surface area (Å²) in [6.45, 7) is 4.96. The van der Waals surface area contributed by atoms with E-state index in [0.717, 1.165) is 19.3 Å². The van der Waals surface area contributed by atoms with Crippen LogP contribution in [0, 0.1) is 0 Å². The fourth-order valence-electron chi connectivity index (χ4n) is 1.34. The van der Waals surface area contributed by atoms with E-state index in [4.69, 9.17) is 5.11 Å². The normalized spacial score (nSPS) is 14.4. The van der Waals surface area contributed by atoms with E-state index in [1.165, 1.54) is 18.7 Å². The molecule has 0 bridgehead atoms. The molecule has 0 aliphatic rings. The Kier molecular flexibility index (Phi) is 6.56. The van der Waals surface area contributed by atoms with E-state index >= 15 is 0 Å². The van der Waals surface area contributed by atoms with E-state index in [1.807, 2.05) is 0 Å². The molecular formula is C10H18BrNO3. The molecule has 4 nitrogen and oxygen atoms in total. The monoisotopic (exact) mass is 279 g/mol. The first-order chi connectivity index (χ1) is 6.91. The number of aliphatic carboxylic acids is 1. The number of hydrogen-bond donors (Lipinski definition) is 1. The van der Waals surface area contributed by atoms with Gasteiger partial charge in [-0.25, -0.2) is 4.79 Å². The van der Waals surface area contributed by atoms with Gasteiger partial charge in [-0.1, -0.05) is 35.7 Å². The highest BCUT2D eigenvalue weighted by molar-refractivity contribution is 9.09. The molecule has 88 valence electrons. The number of carboxylic acids is 1. The van der Waals surface area contributed by atoms with Crippen LogP contribution in [0.15, 0.2) is 0 Å². The zero-order valence-corrected chi connectivity index (χ0v) is 11.0. The molecular weight excluding hydrogens is 262 g/mol. The van der Waals surface area contributed by atoms with Gasteiger partial charge >= 0.3 is 5.97 Å². The number of unbranched alkanes of at least 4 members (excludes halogenated alkanes) is 1. The van der Waals surface area contributed by atoms with Crippen molar-refractivity contribution in [3.63, 3.8) is 0 Å². The first kappa shape index (κ1) is 14.4. The number of carboxylic acid groups (broad SMARTS) is 1. The molecule has 0 aromatic heterocycles. The number of amides is 1. The molecule has 0 aromatic rings. The quantitative estimate of drug-likeness (QED) is 0.599. The summed E-state index contributed by atoms with van der Waals surface area (Å²) < 4.78 is 0. The highest BCUT2D eigenvalue weighted by atomic mass is 79.9. The van der Waals surface area contributed by atoms with Crippen molar-refractivity contribution in [2.75, 3.05) is 0 Å². The van der Waals surface area contributed by atoms with Crippen LogP contribution in [0.5, 0.6) is 0 Å². The molecule has 0 fully saturated rings. The van der Waals surface area contributed by atoms with Gasteiger partial charge in [0.1, 0.15) is 6.04 Å². The third kappa shape index (κ3) is 4.64. The Bertz CT molecular complexity index is 233. The van der Waals surface area contributed by atoms with Gasteiger partial charge in [0.2, 0.25) is 5.91 Å². The lowest BCUT2D eigenvalue weighted by molar-refractivity contribution is -0.149. The molecule has 0 heterocycles. The van der Waals surface area contributed by atoms with Crippen molar-refractivity contribution in [3.8, 4) is 0 Å². The molecule has 1 amide bonds. The summed E-state index contributed by atoms with van der Waals surface area (Å²) in [5.74, 6) is -1.20. The number of hydrogen-bond acceptors (Lipinski definition) is 2. The predicted octanol–water partition coefficient (Wildman–Crippen LogP) is 2.22. The molecule has 0 saturated heterocycles. The van der Waals surface area contributed by atoms with Gasteiger partial charge < -0.3 is 10.0 Å². The Labute approximate surface area is 98.8 Å². The molecule has 0 aliphatic carbocycles. The van der Waals surface area contributed by atoms with Gasteiger partial charge in [0, 0.05) is 6.92 Å². The van der Waals surface area contributed by atoms with E-state index < -0.39 is 12.0 Å². The van der Waals surface area contributed by atoms with Crippen LogP contribution in [-0.2, 0) is 9.59 Å². The molecule has 2 atom stereocenters. The fraction of sp³-hybridized carbons (Fsp3) is 0.800. The van der Waals surface area contributed by atoms with Crippen LogP contribution in [0.3, 0.4) is 0 Å². The number of carbonyl (C=O) groups excluding carboxylic acids is 1. The second-order valence-electron chi connectivity index (χ2n) is 3.52. The van der Waals surface area contributed by atoms with Gasteiger partial charge in [0.05, 0.1) is 4.95 Å². The summed E-state index contributed by atoms with van der Waals surface area (Å²) in [5.41, 5.74) is 0. The number of halogens is 1. The minimum Gasteiger partial charge on any atom is -0.480 e. The maximum atomic E-state index is 11.3. The van der Waals surface area contributed by atoms with E-state index in [9.17, 15) is 9.59 Å². The van der Waals surface area contributed by atoms with E-state index in [1.54, 1.807) is 0 Å². The zero-order chi connectivity index (χ0) is 12.0. The summed E-state index contributed by atoms with van der Waals surface area (Å²) in [7, 11) is 0. The lowest BCUT2D eigenvalue weighted by Crippen LogP contribution is -2.46. The second kappa shape index (κ2) is 6.82. The molecule has 0 saturated carbocycles. The predicted molar refractivity (Wildman–Crippen MR) is 61.9 cm³/mol. The summed E-state index contributed by atoms with van der Waals surface area (Å²) in [5, 5.41) is 8.86. The lowest BCUT2D eigenvalue weighted by atomic mass is 10.2. The van der Waals surface area contributed by atoms with Gasteiger partial charge in [-0.15, -0.1) is 0 Å². The molecule has 0 spiro atoms. The molecule has 0 radical (unpaired) electrons. The third-order valence-corrected chi connectivity index (χ3v) is 3.13. The Balaban J connectivity index is 4.51. The summed E-state index contributed by atoms with van der Waals surface area (Å²) >= 11 is 3.36. The SMILES string of the molecule is CCCCC(Br)N(C(C)=O)[C@@H](C)C(=O)O. The average Bonchev–Trinajstić information content (AvgIpc) is 2.14. The van der Waals surface area contributed by atoms with E-state index in [-0.39, 0.29) is 10.9 Å². The third-order valence-electron chi connectivity index (χ3n) is 2.24. The molecule has 0 aliphatic heterocycles. The van der Waals surface area contributed by atoms with Gasteiger partial charge in [0.15, 0.2) is 0 Å². The van der Waals surface area contributed by atoms with Crippen LogP contribution in [0.4, 0.5) is 0 Å². The second-order valence-corrected chi connectivity index (χ2v) is 4.57. The largest absolute Gasteiger partial charge is 0.480 e. The van der Waals surface area contributed by atoms with E-state index in [0.29, 0.717) is 0 Å². The van der Waals surface area contributed by atoms with Crippen LogP contribution in [0.25, 0.3) is 0 Å². The van der Waals surface area contributed by atoms with Crippen LogP contribution in [0.2, 0.25) is 0 Å². The standard InChI is InChI=1S/C10H18BrNO3/c1-4-5-6-9(11)12(8(3)13)7(2)10(14)15/h7,9H,4-6H2,1-3H3,(H,14,15)/t7-,9?/m0/s1. The molecule has 1 N–H and O–H groups in total. The number of nitrogens with zero attached hydrogens (tertiary/aromatic N) is 1. The molecule has 1 unspecified atom stereocenters. The highest BCUT2D eigenvalue weighted by Gasteiger charge is 2.27. The van der Waals surface area contributed by atoms with Crippen molar-refractivity contribution < 1.29 is 14.7 Å². The first-order valence-electron chi connectivity index (χ1n) is 5.07. The first-order valence-corrected chi connectivity index (χ1v) is 5.99. The molecule has 0 aromatic carbocycles. The Hall–Kier alpha value is -0.580. The lowest BCUT2D eigenvalue weighted by Gasteiger charge is -2.30. The van der Waals surface area contributed by atoms with Crippen molar-refractivity contribution in [2.24, 2.45) is 0 Å². The van der Waals surface area contributed by atoms with Gasteiger partial charge in [0.25, 0.3) is 0 Å². The van der Waals surface area contributed by atoms with Crippen molar-refractivity contribution >= 4 is 27.8 Å². The maximum absolute atomic E-state index is 11.3. The van der Waals surface area contributed by atoms with Gasteiger partial charge in [-0.05, 0) is 13.3 Å². The van der Waals surface area contributed by atoms with E-state index in [2.05, 4.69) is 22.9 Å². The number of carbonyl (C=O) groups is 2. The molecule has 0 rings (SSSR count). The molecule has 15 heavy (non-hydrogen) atoms. The summed E-state index contributed by atoms with van der Waals surface area (Å²) in [6, 6.07) is -0.788. The van der Waals surface area contributed by atoms with Crippen LogP contribution in [0.1, 0.15) is 40.0 Å². The van der Waals surface area contributed by atoms with Crippen LogP contribution >= 0.6 is 15.9 Å². The average molecular weight is 280 g/mol.